The molecule has 9 heteroatoms. The molecule has 2 N–H and O–H groups in total. The van der Waals surface area contributed by atoms with Crippen LogP contribution in [0.2, 0.25) is 0 Å². The Balaban J connectivity index is 1.62. The van der Waals surface area contributed by atoms with Crippen molar-refractivity contribution in [2.45, 2.75) is 45.5 Å². The van der Waals surface area contributed by atoms with Gasteiger partial charge in [0.2, 0.25) is 0 Å². The van der Waals surface area contributed by atoms with Crippen LogP contribution >= 0.6 is 0 Å². The monoisotopic (exact) mass is 429 g/mol. The van der Waals surface area contributed by atoms with Crippen LogP contribution in [0.5, 0.6) is 5.75 Å². The molecule has 3 rings (SSSR count). The smallest absolute Gasteiger partial charge is 0.191 e. The van der Waals surface area contributed by atoms with Crippen molar-refractivity contribution in [2.24, 2.45) is 4.99 Å². The summed E-state index contributed by atoms with van der Waals surface area (Å²) in [6, 6.07) is 8.34. The molecule has 31 heavy (non-hydrogen) atoms. The van der Waals surface area contributed by atoms with Gasteiger partial charge < -0.3 is 25.0 Å². The third-order valence-electron chi connectivity index (χ3n) is 5.04. The van der Waals surface area contributed by atoms with Gasteiger partial charge in [0.15, 0.2) is 11.8 Å². The summed E-state index contributed by atoms with van der Waals surface area (Å²) < 4.78 is 13.1. The fourth-order valence-corrected chi connectivity index (χ4v) is 3.46. The van der Waals surface area contributed by atoms with E-state index in [0.717, 1.165) is 61.4 Å². The van der Waals surface area contributed by atoms with E-state index in [2.05, 4.69) is 38.6 Å². The van der Waals surface area contributed by atoms with Gasteiger partial charge in [-0.3, -0.25) is 0 Å². The minimum Gasteiger partial charge on any atom is -0.492 e. The van der Waals surface area contributed by atoms with Gasteiger partial charge in [-0.25, -0.2) is 14.7 Å². The highest BCUT2D eigenvalue weighted by Gasteiger charge is 2.22. The van der Waals surface area contributed by atoms with Crippen molar-refractivity contribution >= 4 is 5.96 Å². The van der Waals surface area contributed by atoms with Crippen LogP contribution in [0.4, 0.5) is 0 Å². The van der Waals surface area contributed by atoms with Crippen LogP contribution < -0.4 is 15.4 Å². The summed E-state index contributed by atoms with van der Waals surface area (Å²) in [4.78, 5) is 11.5. The Labute approximate surface area is 184 Å². The van der Waals surface area contributed by atoms with E-state index in [1.165, 1.54) is 0 Å². The molecule has 0 radical (unpaired) electrons. The number of aryl methyl sites for hydroxylation is 1. The molecule has 1 aromatic carbocycles. The van der Waals surface area contributed by atoms with Gasteiger partial charge in [-0.1, -0.05) is 18.2 Å². The molecule has 1 aromatic heterocycles. The van der Waals surface area contributed by atoms with Crippen LogP contribution in [0, 0.1) is 0 Å². The number of fused-ring (bicyclic) bond motifs is 1. The molecular weight excluding hydrogens is 394 g/mol. The van der Waals surface area contributed by atoms with Crippen molar-refractivity contribution in [1.29, 1.82) is 0 Å². The third kappa shape index (κ3) is 6.93. The molecule has 2 aromatic rings. The van der Waals surface area contributed by atoms with Crippen molar-refractivity contribution in [3.05, 3.63) is 41.5 Å². The van der Waals surface area contributed by atoms with Gasteiger partial charge in [0.05, 0.1) is 13.1 Å². The molecule has 1 unspecified atom stereocenters. The van der Waals surface area contributed by atoms with E-state index in [1.54, 1.807) is 7.11 Å². The molecule has 1 aliphatic heterocycles. The molecule has 0 saturated carbocycles. The van der Waals surface area contributed by atoms with Gasteiger partial charge in [0, 0.05) is 38.2 Å². The van der Waals surface area contributed by atoms with Crippen LogP contribution in [0.25, 0.3) is 0 Å². The lowest BCUT2D eigenvalue weighted by Crippen LogP contribution is -2.47. The molecule has 1 atom stereocenters. The van der Waals surface area contributed by atoms with Gasteiger partial charge in [-0.2, -0.15) is 5.10 Å². The molecule has 0 amide bonds. The Hall–Kier alpha value is -2.65. The van der Waals surface area contributed by atoms with Crippen LogP contribution in [0.15, 0.2) is 29.3 Å². The maximum absolute atomic E-state index is 5.97. The Morgan fingerprint density at radius 2 is 2.16 bits per heavy atom. The van der Waals surface area contributed by atoms with E-state index in [1.807, 2.05) is 37.0 Å². The highest BCUT2D eigenvalue weighted by atomic mass is 16.5. The second-order valence-corrected chi connectivity index (χ2v) is 7.89. The van der Waals surface area contributed by atoms with E-state index in [0.29, 0.717) is 19.8 Å². The highest BCUT2D eigenvalue weighted by molar-refractivity contribution is 5.80. The van der Waals surface area contributed by atoms with Crippen molar-refractivity contribution in [3.8, 4) is 5.75 Å². The first-order valence-corrected chi connectivity index (χ1v) is 10.9. The van der Waals surface area contributed by atoms with E-state index >= 15 is 0 Å². The zero-order valence-electron chi connectivity index (χ0n) is 19.1. The molecule has 0 saturated heterocycles. The zero-order valence-corrected chi connectivity index (χ0v) is 19.1. The van der Waals surface area contributed by atoms with Gasteiger partial charge in [-0.15, -0.1) is 0 Å². The average molecular weight is 430 g/mol. The molecule has 0 bridgehead atoms. The van der Waals surface area contributed by atoms with Gasteiger partial charge in [0.1, 0.15) is 24.8 Å². The maximum atomic E-state index is 5.97. The second kappa shape index (κ2) is 11.7. The molecule has 170 valence electrons. The summed E-state index contributed by atoms with van der Waals surface area (Å²) in [5.74, 6) is 3.45. The van der Waals surface area contributed by atoms with Gasteiger partial charge in [0.25, 0.3) is 0 Å². The SMILES string of the molecule is CCNC(=NCc1ccccc1OCCN(C)C)NC1CCc2nc(COC)nn2C1. The van der Waals surface area contributed by atoms with Crippen molar-refractivity contribution in [1.82, 2.24) is 30.3 Å². The van der Waals surface area contributed by atoms with Crippen molar-refractivity contribution in [3.63, 3.8) is 0 Å². The number of aromatic nitrogens is 3. The van der Waals surface area contributed by atoms with Gasteiger partial charge in [-0.05, 0) is 33.5 Å². The Morgan fingerprint density at radius 3 is 2.94 bits per heavy atom. The number of methoxy groups -OCH3 is 1. The zero-order chi connectivity index (χ0) is 22.1. The number of benzene rings is 1. The minimum absolute atomic E-state index is 0.244. The first-order valence-electron chi connectivity index (χ1n) is 10.9. The number of guanidine groups is 1. The van der Waals surface area contributed by atoms with Gasteiger partial charge >= 0.3 is 0 Å². The van der Waals surface area contributed by atoms with E-state index in [-0.39, 0.29) is 6.04 Å². The summed E-state index contributed by atoms with van der Waals surface area (Å²) in [6.07, 6.45) is 1.87. The summed E-state index contributed by atoms with van der Waals surface area (Å²) in [7, 11) is 5.74. The number of ether oxygens (including phenoxy) is 2. The molecular formula is C22H35N7O2. The fourth-order valence-electron chi connectivity index (χ4n) is 3.46. The number of likely N-dealkylation sites (N-methyl/N-ethyl adjacent to an activating group) is 1. The lowest BCUT2D eigenvalue weighted by atomic mass is 10.1. The van der Waals surface area contributed by atoms with Crippen LogP contribution in [0.1, 0.15) is 30.6 Å². The summed E-state index contributed by atoms with van der Waals surface area (Å²) in [5.41, 5.74) is 1.07. The summed E-state index contributed by atoms with van der Waals surface area (Å²) in [5, 5.41) is 11.5. The van der Waals surface area contributed by atoms with Crippen molar-refractivity contribution in [2.75, 3.05) is 40.9 Å². The number of hydrogen-bond donors (Lipinski definition) is 2. The normalized spacial score (nSPS) is 16.3. The number of aliphatic imine (C=N–C) groups is 1. The summed E-state index contributed by atoms with van der Waals surface area (Å²) in [6.45, 7) is 6.15. The van der Waals surface area contributed by atoms with Crippen LogP contribution in [0.3, 0.4) is 0 Å². The molecule has 2 heterocycles. The molecule has 9 nitrogen and oxygen atoms in total. The quantitative estimate of drug-likeness (QED) is 0.436. The molecule has 0 spiro atoms. The minimum atomic E-state index is 0.244. The third-order valence-corrected chi connectivity index (χ3v) is 5.04. The first kappa shape index (κ1) is 23.0. The topological polar surface area (TPSA) is 88.8 Å². The lowest BCUT2D eigenvalue weighted by molar-refractivity contribution is 0.177. The largest absolute Gasteiger partial charge is 0.492 e. The fraction of sp³-hybridized carbons (Fsp3) is 0.591. The Morgan fingerprint density at radius 1 is 1.32 bits per heavy atom. The van der Waals surface area contributed by atoms with E-state index < -0.39 is 0 Å². The van der Waals surface area contributed by atoms with Crippen molar-refractivity contribution < 1.29 is 9.47 Å². The molecule has 0 aliphatic carbocycles. The highest BCUT2D eigenvalue weighted by Crippen LogP contribution is 2.19. The number of nitrogens with zero attached hydrogens (tertiary/aromatic N) is 5. The molecule has 1 aliphatic rings. The van der Waals surface area contributed by atoms with E-state index in [4.69, 9.17) is 14.5 Å². The number of rotatable bonds is 10. The second-order valence-electron chi connectivity index (χ2n) is 7.89. The average Bonchev–Trinajstić information content (AvgIpc) is 3.15. The van der Waals surface area contributed by atoms with Crippen LogP contribution in [-0.4, -0.2) is 72.6 Å². The van der Waals surface area contributed by atoms with E-state index in [9.17, 15) is 0 Å². The first-order chi connectivity index (χ1) is 15.1. The standard InChI is InChI=1S/C22H35N7O2/c1-5-23-22(24-14-17-8-6-7-9-19(17)31-13-12-28(2)3)25-18-10-11-21-26-20(16-30-4)27-29(21)15-18/h6-9,18H,5,10-16H2,1-4H3,(H2,23,24,25). The Kier molecular flexibility index (Phi) is 8.66. The number of hydrogen-bond acceptors (Lipinski definition) is 6. The Bertz CT molecular complexity index is 850. The maximum Gasteiger partial charge on any atom is 0.191 e. The lowest BCUT2D eigenvalue weighted by Gasteiger charge is -2.25. The number of para-hydroxylation sites is 1. The summed E-state index contributed by atoms with van der Waals surface area (Å²) >= 11 is 0. The number of nitrogens with one attached hydrogen (secondary N) is 2. The predicted octanol–water partition coefficient (Wildman–Crippen LogP) is 1.44. The predicted molar refractivity (Wildman–Crippen MR) is 121 cm³/mol. The van der Waals surface area contributed by atoms with Crippen LogP contribution in [-0.2, 0) is 30.9 Å². The molecule has 0 fully saturated rings.